The molecular weight excluding hydrogens is 214 g/mol. The molecule has 4 heteroatoms. The van der Waals surface area contributed by atoms with Crippen molar-refractivity contribution in [3.63, 3.8) is 0 Å². The molecule has 0 aliphatic carbocycles. The van der Waals surface area contributed by atoms with Crippen molar-refractivity contribution < 1.29 is 4.79 Å². The fourth-order valence-electron chi connectivity index (χ4n) is 1.86. The molecule has 2 aromatic rings. The number of nitrogens with two attached hydrogens (primary N) is 1. The number of hydrogen-bond acceptors (Lipinski definition) is 2. The highest BCUT2D eigenvalue weighted by atomic mass is 16.2. The van der Waals surface area contributed by atoms with Crippen LogP contribution in [0.5, 0.6) is 0 Å². The highest BCUT2D eigenvalue weighted by Crippen LogP contribution is 2.22. The zero-order chi connectivity index (χ0) is 12.3. The first kappa shape index (κ1) is 11.7. The number of carbonyl (C=O) groups excluding carboxylic acids is 1. The number of H-pyrrole nitrogens is 1. The van der Waals surface area contributed by atoms with Crippen LogP contribution in [0.4, 0.5) is 5.69 Å². The molecule has 0 spiro atoms. The number of carbonyl (C=O) groups is 1. The molecule has 1 aromatic carbocycles. The van der Waals surface area contributed by atoms with Gasteiger partial charge in [-0.1, -0.05) is 19.4 Å². The Bertz CT molecular complexity index is 518. The summed E-state index contributed by atoms with van der Waals surface area (Å²) < 4.78 is 0. The Hall–Kier alpha value is -1.81. The fourth-order valence-corrected chi connectivity index (χ4v) is 1.86. The van der Waals surface area contributed by atoms with Crippen LogP contribution in [0.25, 0.3) is 10.9 Å². The van der Waals surface area contributed by atoms with Crippen LogP contribution < -0.4 is 11.1 Å². The van der Waals surface area contributed by atoms with E-state index < -0.39 is 6.04 Å². The molecule has 2 rings (SSSR count). The molecule has 1 amide bonds. The first-order chi connectivity index (χ1) is 8.22. The topological polar surface area (TPSA) is 70.9 Å². The van der Waals surface area contributed by atoms with Crippen LogP contribution in [0.3, 0.4) is 0 Å². The van der Waals surface area contributed by atoms with Gasteiger partial charge in [-0.2, -0.15) is 0 Å². The third-order valence-electron chi connectivity index (χ3n) is 2.79. The van der Waals surface area contributed by atoms with Gasteiger partial charge in [0.15, 0.2) is 0 Å². The normalized spacial score (nSPS) is 12.6. The first-order valence-corrected chi connectivity index (χ1v) is 5.85. The van der Waals surface area contributed by atoms with E-state index in [0.29, 0.717) is 6.42 Å². The summed E-state index contributed by atoms with van der Waals surface area (Å²) in [7, 11) is 0. The number of nitrogens with one attached hydrogen (secondary N) is 2. The van der Waals surface area contributed by atoms with E-state index in [1.165, 1.54) is 0 Å². The monoisotopic (exact) mass is 231 g/mol. The van der Waals surface area contributed by atoms with Crippen LogP contribution >= 0.6 is 0 Å². The van der Waals surface area contributed by atoms with Crippen LogP contribution in [0, 0.1) is 0 Å². The number of aromatic amines is 1. The van der Waals surface area contributed by atoms with Gasteiger partial charge in [-0.05, 0) is 24.6 Å². The van der Waals surface area contributed by atoms with E-state index in [2.05, 4.69) is 10.3 Å². The number of fused-ring (bicyclic) bond motifs is 1. The van der Waals surface area contributed by atoms with Crippen LogP contribution in [0.2, 0.25) is 0 Å². The molecule has 0 radical (unpaired) electrons. The van der Waals surface area contributed by atoms with Crippen LogP contribution in [0.1, 0.15) is 19.8 Å². The lowest BCUT2D eigenvalue weighted by Crippen LogP contribution is -2.35. The van der Waals surface area contributed by atoms with E-state index in [0.717, 1.165) is 23.0 Å². The SMILES string of the molecule is CCCC(N)C(=O)Nc1cccc2[nH]ccc12. The van der Waals surface area contributed by atoms with Gasteiger partial charge >= 0.3 is 0 Å². The Morgan fingerprint density at radius 1 is 1.47 bits per heavy atom. The summed E-state index contributed by atoms with van der Waals surface area (Å²) in [5, 5.41) is 3.88. The van der Waals surface area contributed by atoms with Gasteiger partial charge in [-0.15, -0.1) is 0 Å². The van der Waals surface area contributed by atoms with Gasteiger partial charge in [0.05, 0.1) is 11.7 Å². The number of anilines is 1. The van der Waals surface area contributed by atoms with E-state index in [1.807, 2.05) is 37.4 Å². The molecule has 0 bridgehead atoms. The molecule has 0 aliphatic rings. The minimum Gasteiger partial charge on any atom is -0.361 e. The van der Waals surface area contributed by atoms with Gasteiger partial charge < -0.3 is 16.0 Å². The summed E-state index contributed by atoms with van der Waals surface area (Å²) in [6.45, 7) is 2.01. The average Bonchev–Trinajstić information content (AvgIpc) is 2.78. The van der Waals surface area contributed by atoms with E-state index in [-0.39, 0.29) is 5.91 Å². The van der Waals surface area contributed by atoms with Crippen molar-refractivity contribution in [1.29, 1.82) is 0 Å². The van der Waals surface area contributed by atoms with Gasteiger partial charge in [0.2, 0.25) is 5.91 Å². The largest absolute Gasteiger partial charge is 0.361 e. The molecule has 0 saturated carbocycles. The fraction of sp³-hybridized carbons (Fsp3) is 0.308. The molecule has 17 heavy (non-hydrogen) atoms. The van der Waals surface area contributed by atoms with E-state index in [9.17, 15) is 4.79 Å². The molecule has 0 aliphatic heterocycles. The third-order valence-corrected chi connectivity index (χ3v) is 2.79. The van der Waals surface area contributed by atoms with Gasteiger partial charge in [-0.3, -0.25) is 4.79 Å². The van der Waals surface area contributed by atoms with Crippen molar-refractivity contribution in [2.45, 2.75) is 25.8 Å². The summed E-state index contributed by atoms with van der Waals surface area (Å²) in [5.74, 6) is -0.124. The zero-order valence-corrected chi connectivity index (χ0v) is 9.86. The van der Waals surface area contributed by atoms with Crippen molar-refractivity contribution in [1.82, 2.24) is 4.98 Å². The van der Waals surface area contributed by atoms with Gasteiger partial charge in [0, 0.05) is 17.1 Å². The molecule has 0 fully saturated rings. The summed E-state index contributed by atoms with van der Waals surface area (Å²) in [6.07, 6.45) is 3.46. The smallest absolute Gasteiger partial charge is 0.241 e. The van der Waals surface area contributed by atoms with Gasteiger partial charge in [0.1, 0.15) is 0 Å². The molecule has 0 saturated heterocycles. The maximum absolute atomic E-state index is 11.8. The quantitative estimate of drug-likeness (QED) is 0.755. The van der Waals surface area contributed by atoms with Gasteiger partial charge in [0.25, 0.3) is 0 Å². The van der Waals surface area contributed by atoms with Crippen LogP contribution in [-0.4, -0.2) is 16.9 Å². The summed E-state index contributed by atoms with van der Waals surface area (Å²) in [6, 6.07) is 7.26. The first-order valence-electron chi connectivity index (χ1n) is 5.85. The standard InChI is InChI=1S/C13H17N3O/c1-2-4-10(14)13(17)16-12-6-3-5-11-9(12)7-8-15-11/h3,5-8,10,15H,2,4,14H2,1H3,(H,16,17). The zero-order valence-electron chi connectivity index (χ0n) is 9.86. The number of rotatable bonds is 4. The number of hydrogen-bond donors (Lipinski definition) is 3. The van der Waals surface area contributed by atoms with Crippen molar-refractivity contribution in [2.75, 3.05) is 5.32 Å². The lowest BCUT2D eigenvalue weighted by molar-refractivity contribution is -0.117. The number of amides is 1. The predicted octanol–water partition coefficient (Wildman–Crippen LogP) is 2.23. The third kappa shape index (κ3) is 2.47. The van der Waals surface area contributed by atoms with Crippen molar-refractivity contribution in [2.24, 2.45) is 5.73 Å². The molecule has 1 aromatic heterocycles. The van der Waals surface area contributed by atoms with Crippen LogP contribution in [0.15, 0.2) is 30.5 Å². The molecule has 4 nitrogen and oxygen atoms in total. The minimum atomic E-state index is -0.436. The average molecular weight is 231 g/mol. The minimum absolute atomic E-state index is 0.124. The molecule has 90 valence electrons. The lowest BCUT2D eigenvalue weighted by Gasteiger charge is -2.11. The second-order valence-corrected chi connectivity index (χ2v) is 4.13. The summed E-state index contributed by atoms with van der Waals surface area (Å²) in [4.78, 5) is 14.9. The molecular formula is C13H17N3O. The van der Waals surface area contributed by atoms with Crippen molar-refractivity contribution >= 4 is 22.5 Å². The molecule has 1 heterocycles. The van der Waals surface area contributed by atoms with E-state index >= 15 is 0 Å². The summed E-state index contributed by atoms with van der Waals surface area (Å²) in [5.41, 5.74) is 7.59. The second-order valence-electron chi connectivity index (χ2n) is 4.13. The Morgan fingerprint density at radius 3 is 3.06 bits per heavy atom. The van der Waals surface area contributed by atoms with Crippen molar-refractivity contribution in [3.05, 3.63) is 30.5 Å². The second kappa shape index (κ2) is 5.01. The van der Waals surface area contributed by atoms with E-state index in [4.69, 9.17) is 5.73 Å². The molecule has 1 unspecified atom stereocenters. The Labute approximate surface area is 100 Å². The molecule has 1 atom stereocenters. The van der Waals surface area contributed by atoms with Crippen molar-refractivity contribution in [3.8, 4) is 0 Å². The summed E-state index contributed by atoms with van der Waals surface area (Å²) >= 11 is 0. The van der Waals surface area contributed by atoms with Gasteiger partial charge in [-0.25, -0.2) is 0 Å². The lowest BCUT2D eigenvalue weighted by atomic mass is 10.1. The maximum Gasteiger partial charge on any atom is 0.241 e. The van der Waals surface area contributed by atoms with Crippen LogP contribution in [-0.2, 0) is 4.79 Å². The predicted molar refractivity (Wildman–Crippen MR) is 69.8 cm³/mol. The maximum atomic E-state index is 11.8. The Kier molecular flexibility index (Phi) is 3.44. The highest BCUT2D eigenvalue weighted by molar-refractivity contribution is 6.02. The molecule has 4 N–H and O–H groups in total. The highest BCUT2D eigenvalue weighted by Gasteiger charge is 2.13. The van der Waals surface area contributed by atoms with E-state index in [1.54, 1.807) is 0 Å². The number of aromatic nitrogens is 1. The Morgan fingerprint density at radius 2 is 2.29 bits per heavy atom. The Balaban J connectivity index is 2.18. The number of benzene rings is 1.